The molecule has 1 atom stereocenters. The number of methoxy groups -OCH3 is 1. The van der Waals surface area contributed by atoms with Crippen LogP contribution in [0.3, 0.4) is 0 Å². The molecule has 20 heavy (non-hydrogen) atoms. The summed E-state index contributed by atoms with van der Waals surface area (Å²) in [6.45, 7) is 0.335. The zero-order valence-corrected chi connectivity index (χ0v) is 11.2. The van der Waals surface area contributed by atoms with Gasteiger partial charge < -0.3 is 19.9 Å². The highest BCUT2D eigenvalue weighted by molar-refractivity contribution is 5.88. The number of ether oxygens (including phenoxy) is 2. The molecule has 1 amide bonds. The van der Waals surface area contributed by atoms with Gasteiger partial charge in [-0.3, -0.25) is 4.79 Å². The third kappa shape index (κ3) is 2.91. The van der Waals surface area contributed by atoms with E-state index >= 15 is 0 Å². The average Bonchev–Trinajstić information content (AvgIpc) is 2.89. The Morgan fingerprint density at radius 1 is 1.45 bits per heavy atom. The maximum atomic E-state index is 12.1. The predicted molar refractivity (Wildman–Crippen MR) is 70.6 cm³/mol. The molecule has 2 N–H and O–H groups in total. The summed E-state index contributed by atoms with van der Waals surface area (Å²) in [6, 6.07) is 7.14. The van der Waals surface area contributed by atoms with E-state index in [0.29, 0.717) is 17.9 Å². The summed E-state index contributed by atoms with van der Waals surface area (Å²) in [6.07, 6.45) is 0.346. The van der Waals surface area contributed by atoms with Gasteiger partial charge in [-0.1, -0.05) is 18.2 Å². The first-order chi connectivity index (χ1) is 9.57. The first-order valence-corrected chi connectivity index (χ1v) is 6.31. The average molecular weight is 279 g/mol. The van der Waals surface area contributed by atoms with E-state index in [9.17, 15) is 14.7 Å². The molecule has 0 radical (unpaired) electrons. The van der Waals surface area contributed by atoms with E-state index in [1.807, 2.05) is 6.07 Å². The summed E-state index contributed by atoms with van der Waals surface area (Å²) in [5.41, 5.74) is -0.592. The topological polar surface area (TPSA) is 84.9 Å². The first-order valence-electron chi connectivity index (χ1n) is 6.31. The molecule has 0 aliphatic carbocycles. The van der Waals surface area contributed by atoms with Gasteiger partial charge in [-0.2, -0.15) is 0 Å². The minimum absolute atomic E-state index is 0.00000205. The number of aliphatic carboxylic acids is 1. The van der Waals surface area contributed by atoms with Crippen LogP contribution in [0.25, 0.3) is 0 Å². The lowest BCUT2D eigenvalue weighted by Crippen LogP contribution is -2.55. The van der Waals surface area contributed by atoms with Crippen molar-refractivity contribution in [1.29, 1.82) is 0 Å². The van der Waals surface area contributed by atoms with Crippen LogP contribution in [-0.4, -0.2) is 42.8 Å². The summed E-state index contributed by atoms with van der Waals surface area (Å²) in [7, 11) is 1.53. The Bertz CT molecular complexity index is 508. The minimum atomic E-state index is -1.31. The first kappa shape index (κ1) is 14.3. The number of hydrogen-bond acceptors (Lipinski definition) is 4. The highest BCUT2D eigenvalue weighted by atomic mass is 16.5. The summed E-state index contributed by atoms with van der Waals surface area (Å²) >= 11 is 0. The Hall–Kier alpha value is -2.08. The molecule has 1 aromatic carbocycles. The van der Waals surface area contributed by atoms with Crippen LogP contribution in [0.1, 0.15) is 12.0 Å². The van der Waals surface area contributed by atoms with Crippen LogP contribution < -0.4 is 10.1 Å². The van der Waals surface area contributed by atoms with E-state index in [1.165, 1.54) is 7.11 Å². The van der Waals surface area contributed by atoms with Gasteiger partial charge in [0.2, 0.25) is 5.91 Å². The van der Waals surface area contributed by atoms with Gasteiger partial charge in [-0.05, 0) is 6.07 Å². The number of carbonyl (C=O) groups excluding carboxylic acids is 1. The number of nitrogens with one attached hydrogen (secondary N) is 1. The number of para-hydroxylation sites is 1. The minimum Gasteiger partial charge on any atom is -0.496 e. The van der Waals surface area contributed by atoms with Crippen molar-refractivity contribution < 1.29 is 24.2 Å². The molecule has 1 unspecified atom stereocenters. The Labute approximate surface area is 116 Å². The zero-order chi connectivity index (χ0) is 14.6. The van der Waals surface area contributed by atoms with E-state index in [4.69, 9.17) is 9.47 Å². The maximum absolute atomic E-state index is 12.1. The molecule has 6 heteroatoms. The Morgan fingerprint density at radius 3 is 2.80 bits per heavy atom. The standard InChI is InChI=1S/C14H17NO5/c1-19-11-5-3-2-4-10(11)8-12(16)15-14(13(17)18)6-7-20-9-14/h2-5H,6-9H2,1H3,(H,15,16)(H,17,18). The molecule has 108 valence electrons. The molecule has 0 spiro atoms. The monoisotopic (exact) mass is 279 g/mol. The Morgan fingerprint density at radius 2 is 2.20 bits per heavy atom. The number of carboxylic acid groups (broad SMARTS) is 1. The number of hydrogen-bond donors (Lipinski definition) is 2. The molecule has 2 rings (SSSR count). The van der Waals surface area contributed by atoms with Crippen molar-refractivity contribution in [3.8, 4) is 5.75 Å². The fourth-order valence-corrected chi connectivity index (χ4v) is 2.22. The maximum Gasteiger partial charge on any atom is 0.331 e. The zero-order valence-electron chi connectivity index (χ0n) is 11.2. The van der Waals surface area contributed by atoms with Crippen LogP contribution in [0.15, 0.2) is 24.3 Å². The van der Waals surface area contributed by atoms with Gasteiger partial charge in [0, 0.05) is 18.6 Å². The second kappa shape index (κ2) is 5.92. The third-order valence-electron chi connectivity index (χ3n) is 3.35. The van der Waals surface area contributed by atoms with Crippen molar-refractivity contribution in [2.24, 2.45) is 0 Å². The van der Waals surface area contributed by atoms with E-state index in [1.54, 1.807) is 18.2 Å². The number of amides is 1. The molecule has 1 aromatic rings. The molecule has 1 saturated heterocycles. The summed E-state index contributed by atoms with van der Waals surface area (Å²) in [5, 5.41) is 11.8. The second-order valence-corrected chi connectivity index (χ2v) is 4.73. The fourth-order valence-electron chi connectivity index (χ4n) is 2.22. The molecular weight excluding hydrogens is 262 g/mol. The normalized spacial score (nSPS) is 21.4. The van der Waals surface area contributed by atoms with Gasteiger partial charge >= 0.3 is 5.97 Å². The van der Waals surface area contributed by atoms with Crippen molar-refractivity contribution in [3.05, 3.63) is 29.8 Å². The lowest BCUT2D eigenvalue weighted by atomic mass is 9.98. The largest absolute Gasteiger partial charge is 0.496 e. The number of rotatable bonds is 5. The molecular formula is C14H17NO5. The van der Waals surface area contributed by atoms with E-state index in [2.05, 4.69) is 5.32 Å². The highest BCUT2D eigenvalue weighted by Gasteiger charge is 2.43. The van der Waals surface area contributed by atoms with Crippen LogP contribution >= 0.6 is 0 Å². The van der Waals surface area contributed by atoms with Crippen molar-refractivity contribution in [1.82, 2.24) is 5.32 Å². The van der Waals surface area contributed by atoms with Crippen molar-refractivity contribution in [2.75, 3.05) is 20.3 Å². The predicted octanol–water partition coefficient (Wildman–Crippen LogP) is 0.598. The molecule has 0 bridgehead atoms. The molecule has 1 fully saturated rings. The van der Waals surface area contributed by atoms with Crippen molar-refractivity contribution >= 4 is 11.9 Å². The molecule has 1 aliphatic rings. The molecule has 1 aliphatic heterocycles. The van der Waals surface area contributed by atoms with Gasteiger partial charge in [0.25, 0.3) is 0 Å². The second-order valence-electron chi connectivity index (χ2n) is 4.73. The van der Waals surface area contributed by atoms with Crippen LogP contribution in [-0.2, 0) is 20.7 Å². The van der Waals surface area contributed by atoms with Gasteiger partial charge in [-0.25, -0.2) is 4.79 Å². The highest BCUT2D eigenvalue weighted by Crippen LogP contribution is 2.21. The molecule has 0 aromatic heterocycles. The van der Waals surface area contributed by atoms with E-state index in [-0.39, 0.29) is 25.4 Å². The van der Waals surface area contributed by atoms with Crippen LogP contribution in [0.2, 0.25) is 0 Å². The van der Waals surface area contributed by atoms with Crippen LogP contribution in [0, 0.1) is 0 Å². The quantitative estimate of drug-likeness (QED) is 0.824. The SMILES string of the molecule is COc1ccccc1CC(=O)NC1(C(=O)O)CCOC1. The lowest BCUT2D eigenvalue weighted by Gasteiger charge is -2.23. The van der Waals surface area contributed by atoms with Gasteiger partial charge in [0.05, 0.1) is 20.1 Å². The van der Waals surface area contributed by atoms with Crippen molar-refractivity contribution in [2.45, 2.75) is 18.4 Å². The van der Waals surface area contributed by atoms with Gasteiger partial charge in [-0.15, -0.1) is 0 Å². The lowest BCUT2D eigenvalue weighted by molar-refractivity contribution is -0.147. The number of carboxylic acids is 1. The smallest absolute Gasteiger partial charge is 0.331 e. The molecule has 1 heterocycles. The van der Waals surface area contributed by atoms with E-state index in [0.717, 1.165) is 0 Å². The van der Waals surface area contributed by atoms with Crippen LogP contribution in [0.4, 0.5) is 0 Å². The summed E-state index contributed by atoms with van der Waals surface area (Å²) in [4.78, 5) is 23.4. The van der Waals surface area contributed by atoms with Crippen molar-refractivity contribution in [3.63, 3.8) is 0 Å². The summed E-state index contributed by atoms with van der Waals surface area (Å²) < 4.78 is 10.3. The summed E-state index contributed by atoms with van der Waals surface area (Å²) in [5.74, 6) is -0.819. The number of benzene rings is 1. The number of carbonyl (C=O) groups is 2. The van der Waals surface area contributed by atoms with Gasteiger partial charge in [0.1, 0.15) is 5.75 Å². The Kier molecular flexibility index (Phi) is 4.24. The van der Waals surface area contributed by atoms with E-state index < -0.39 is 11.5 Å². The molecule has 6 nitrogen and oxygen atoms in total. The fraction of sp³-hybridized carbons (Fsp3) is 0.429. The Balaban J connectivity index is 2.07. The van der Waals surface area contributed by atoms with Gasteiger partial charge in [0.15, 0.2) is 5.54 Å². The third-order valence-corrected chi connectivity index (χ3v) is 3.35. The molecule has 0 saturated carbocycles. The van der Waals surface area contributed by atoms with Crippen LogP contribution in [0.5, 0.6) is 5.75 Å².